The molecule has 1 fully saturated rings. The van der Waals surface area contributed by atoms with Gasteiger partial charge in [-0.3, -0.25) is 0 Å². The largest absolute Gasteiger partial charge is 0.395 e. The fourth-order valence-electron chi connectivity index (χ4n) is 1.95. The Balaban J connectivity index is 2.47. The highest BCUT2D eigenvalue weighted by molar-refractivity contribution is 7.89. The fourth-order valence-corrected chi connectivity index (χ4v) is 3.64. The van der Waals surface area contributed by atoms with Gasteiger partial charge in [-0.2, -0.15) is 4.31 Å². The lowest BCUT2D eigenvalue weighted by Crippen LogP contribution is -2.50. The lowest BCUT2D eigenvalue weighted by atomic mass is 10.3. The molecule has 1 N–H and O–H groups in total. The van der Waals surface area contributed by atoms with Gasteiger partial charge in [-0.25, -0.2) is 17.2 Å². The van der Waals surface area contributed by atoms with Crippen LogP contribution in [0.3, 0.4) is 0 Å². The van der Waals surface area contributed by atoms with Gasteiger partial charge in [0.2, 0.25) is 10.0 Å². The zero-order valence-electron chi connectivity index (χ0n) is 9.92. The standard InChI is InChI=1S/C11H13F2NO4S/c12-9-2-1-3-10(13)11(9)19(16,17)14-4-5-18-7-8(14)6-15/h1-3,8,15H,4-7H2. The van der Waals surface area contributed by atoms with Gasteiger partial charge in [-0.05, 0) is 12.1 Å². The van der Waals surface area contributed by atoms with Gasteiger partial charge in [-0.1, -0.05) is 6.07 Å². The molecule has 19 heavy (non-hydrogen) atoms. The molecule has 1 aromatic carbocycles. The van der Waals surface area contributed by atoms with E-state index in [-0.39, 0.29) is 19.8 Å². The minimum absolute atomic E-state index is 0.00813. The zero-order chi connectivity index (χ0) is 14.0. The lowest BCUT2D eigenvalue weighted by Gasteiger charge is -2.33. The maximum absolute atomic E-state index is 13.6. The maximum atomic E-state index is 13.6. The Morgan fingerprint density at radius 2 is 2.00 bits per heavy atom. The average molecular weight is 293 g/mol. The quantitative estimate of drug-likeness (QED) is 0.873. The van der Waals surface area contributed by atoms with Crippen LogP contribution < -0.4 is 0 Å². The number of rotatable bonds is 3. The molecule has 0 spiro atoms. The van der Waals surface area contributed by atoms with Crippen molar-refractivity contribution in [2.24, 2.45) is 0 Å². The molecule has 1 aliphatic rings. The second-order valence-electron chi connectivity index (χ2n) is 4.08. The van der Waals surface area contributed by atoms with Crippen LogP contribution >= 0.6 is 0 Å². The minimum Gasteiger partial charge on any atom is -0.395 e. The smallest absolute Gasteiger partial charge is 0.249 e. The first kappa shape index (κ1) is 14.3. The van der Waals surface area contributed by atoms with E-state index in [0.29, 0.717) is 0 Å². The Morgan fingerprint density at radius 3 is 2.58 bits per heavy atom. The summed E-state index contributed by atoms with van der Waals surface area (Å²) < 4.78 is 57.7. The van der Waals surface area contributed by atoms with Crippen molar-refractivity contribution in [3.05, 3.63) is 29.8 Å². The summed E-state index contributed by atoms with van der Waals surface area (Å²) in [7, 11) is -4.34. The van der Waals surface area contributed by atoms with E-state index in [0.717, 1.165) is 22.5 Å². The van der Waals surface area contributed by atoms with Crippen LogP contribution in [0.2, 0.25) is 0 Å². The minimum atomic E-state index is -4.34. The van der Waals surface area contributed by atoms with Gasteiger partial charge in [-0.15, -0.1) is 0 Å². The molecular weight excluding hydrogens is 280 g/mol. The number of halogens is 2. The number of aliphatic hydroxyl groups excluding tert-OH is 1. The van der Waals surface area contributed by atoms with Crippen molar-refractivity contribution < 1.29 is 27.0 Å². The summed E-state index contributed by atoms with van der Waals surface area (Å²) in [5.41, 5.74) is 0. The number of ether oxygens (including phenoxy) is 1. The van der Waals surface area contributed by atoms with Crippen molar-refractivity contribution in [1.82, 2.24) is 4.31 Å². The monoisotopic (exact) mass is 293 g/mol. The van der Waals surface area contributed by atoms with E-state index < -0.39 is 39.2 Å². The third kappa shape index (κ3) is 2.62. The lowest BCUT2D eigenvalue weighted by molar-refractivity contribution is 0.0107. The predicted octanol–water partition coefficient (Wildman–Crippen LogP) is 0.347. The fraction of sp³-hybridized carbons (Fsp3) is 0.455. The van der Waals surface area contributed by atoms with Crippen LogP contribution in [-0.4, -0.2) is 50.2 Å². The van der Waals surface area contributed by atoms with Crippen LogP contribution in [0.4, 0.5) is 8.78 Å². The molecule has 0 aromatic heterocycles. The van der Waals surface area contributed by atoms with E-state index in [4.69, 9.17) is 9.84 Å². The Hall–Kier alpha value is -1.09. The summed E-state index contributed by atoms with van der Waals surface area (Å²) in [5.74, 6) is -2.30. The molecule has 0 saturated carbocycles. The molecule has 1 unspecified atom stereocenters. The average Bonchev–Trinajstić information content (AvgIpc) is 2.38. The summed E-state index contributed by atoms with van der Waals surface area (Å²) >= 11 is 0. The highest BCUT2D eigenvalue weighted by Crippen LogP contribution is 2.25. The molecule has 106 valence electrons. The number of sulfonamides is 1. The van der Waals surface area contributed by atoms with Crippen LogP contribution in [0.1, 0.15) is 0 Å². The van der Waals surface area contributed by atoms with Crippen molar-refractivity contribution in [3.8, 4) is 0 Å². The number of hydrogen-bond donors (Lipinski definition) is 1. The first-order valence-corrected chi connectivity index (χ1v) is 7.07. The molecule has 0 radical (unpaired) electrons. The van der Waals surface area contributed by atoms with Gasteiger partial charge >= 0.3 is 0 Å². The third-order valence-corrected chi connectivity index (χ3v) is 4.87. The van der Waals surface area contributed by atoms with Crippen molar-refractivity contribution in [2.75, 3.05) is 26.4 Å². The van der Waals surface area contributed by atoms with E-state index in [2.05, 4.69) is 0 Å². The van der Waals surface area contributed by atoms with E-state index in [9.17, 15) is 17.2 Å². The summed E-state index contributed by atoms with van der Waals surface area (Å²) in [4.78, 5) is -0.990. The van der Waals surface area contributed by atoms with E-state index >= 15 is 0 Å². The summed E-state index contributed by atoms with van der Waals surface area (Å²) in [5, 5.41) is 9.14. The first-order valence-electron chi connectivity index (χ1n) is 5.63. The molecule has 2 rings (SSSR count). The van der Waals surface area contributed by atoms with Gasteiger partial charge < -0.3 is 9.84 Å². The summed E-state index contributed by atoms with van der Waals surface area (Å²) in [6.45, 7) is -0.422. The molecule has 0 amide bonds. The Kier molecular flexibility index (Phi) is 4.14. The number of nitrogens with zero attached hydrogens (tertiary/aromatic N) is 1. The number of benzene rings is 1. The summed E-state index contributed by atoms with van der Waals surface area (Å²) in [6.07, 6.45) is 0. The molecule has 0 bridgehead atoms. The number of hydrogen-bond acceptors (Lipinski definition) is 4. The molecule has 1 atom stereocenters. The van der Waals surface area contributed by atoms with Gasteiger partial charge in [0.1, 0.15) is 11.6 Å². The van der Waals surface area contributed by atoms with Crippen molar-refractivity contribution in [2.45, 2.75) is 10.9 Å². The van der Waals surface area contributed by atoms with Crippen molar-refractivity contribution >= 4 is 10.0 Å². The summed E-state index contributed by atoms with van der Waals surface area (Å²) in [6, 6.07) is 2.01. The van der Waals surface area contributed by atoms with Crippen LogP contribution in [0.15, 0.2) is 23.1 Å². The van der Waals surface area contributed by atoms with E-state index in [1.54, 1.807) is 0 Å². The molecule has 1 aromatic rings. The highest BCUT2D eigenvalue weighted by atomic mass is 32.2. The van der Waals surface area contributed by atoms with Crippen LogP contribution in [0.25, 0.3) is 0 Å². The SMILES string of the molecule is O=S(=O)(c1c(F)cccc1F)N1CCOCC1CO. The molecule has 1 heterocycles. The van der Waals surface area contributed by atoms with Crippen LogP contribution in [-0.2, 0) is 14.8 Å². The number of aliphatic hydroxyl groups is 1. The van der Waals surface area contributed by atoms with Crippen molar-refractivity contribution in [3.63, 3.8) is 0 Å². The molecular formula is C11H13F2NO4S. The van der Waals surface area contributed by atoms with E-state index in [1.807, 2.05) is 0 Å². The molecule has 1 saturated heterocycles. The number of morpholine rings is 1. The van der Waals surface area contributed by atoms with Gasteiger partial charge in [0.15, 0.2) is 4.90 Å². The molecule has 1 aliphatic heterocycles. The van der Waals surface area contributed by atoms with Crippen LogP contribution in [0, 0.1) is 11.6 Å². The highest BCUT2D eigenvalue weighted by Gasteiger charge is 2.37. The van der Waals surface area contributed by atoms with Gasteiger partial charge in [0.05, 0.1) is 25.9 Å². The normalized spacial score (nSPS) is 21.5. The third-order valence-electron chi connectivity index (χ3n) is 2.87. The first-order chi connectivity index (χ1) is 8.98. The Bertz CT molecular complexity index is 544. The van der Waals surface area contributed by atoms with Gasteiger partial charge in [0.25, 0.3) is 0 Å². The van der Waals surface area contributed by atoms with Crippen molar-refractivity contribution in [1.29, 1.82) is 0 Å². The molecule has 8 heteroatoms. The molecule has 0 aliphatic carbocycles. The van der Waals surface area contributed by atoms with E-state index in [1.165, 1.54) is 0 Å². The second kappa shape index (κ2) is 5.49. The van der Waals surface area contributed by atoms with Crippen LogP contribution in [0.5, 0.6) is 0 Å². The Labute approximate surface area is 109 Å². The zero-order valence-corrected chi connectivity index (χ0v) is 10.7. The topological polar surface area (TPSA) is 66.8 Å². The second-order valence-corrected chi connectivity index (χ2v) is 5.91. The maximum Gasteiger partial charge on any atom is 0.249 e. The van der Waals surface area contributed by atoms with Gasteiger partial charge in [0, 0.05) is 6.54 Å². The molecule has 5 nitrogen and oxygen atoms in total. The Morgan fingerprint density at radius 1 is 1.37 bits per heavy atom. The predicted molar refractivity (Wildman–Crippen MR) is 61.9 cm³/mol.